The molecule has 3 rings (SSSR count). The van der Waals surface area contributed by atoms with Crippen molar-refractivity contribution in [3.05, 3.63) is 23.9 Å². The zero-order chi connectivity index (χ0) is 19.8. The van der Waals surface area contributed by atoms with Crippen LogP contribution in [-0.4, -0.2) is 67.4 Å². The van der Waals surface area contributed by atoms with E-state index >= 15 is 0 Å². The van der Waals surface area contributed by atoms with Gasteiger partial charge in [-0.25, -0.2) is 4.98 Å². The maximum absolute atomic E-state index is 6.01. The minimum atomic E-state index is 0.0420. The SMILES string of the molecule is CN=C(NCc1ccnc(OC2CCCC2)c1)NCC(C)(C)N1CCOCC1. The number of pyridine rings is 1. The maximum Gasteiger partial charge on any atom is 0.213 e. The lowest BCUT2D eigenvalue weighted by Gasteiger charge is -2.41. The lowest BCUT2D eigenvalue weighted by atomic mass is 10.0. The van der Waals surface area contributed by atoms with Gasteiger partial charge in [-0.2, -0.15) is 0 Å². The van der Waals surface area contributed by atoms with Crippen LogP contribution in [0.25, 0.3) is 0 Å². The summed E-state index contributed by atoms with van der Waals surface area (Å²) >= 11 is 0. The molecule has 2 N–H and O–H groups in total. The quantitative estimate of drug-likeness (QED) is 0.550. The van der Waals surface area contributed by atoms with Crippen LogP contribution in [0.2, 0.25) is 0 Å². The first-order valence-corrected chi connectivity index (χ1v) is 10.5. The monoisotopic (exact) mass is 389 g/mol. The third-order valence-corrected chi connectivity index (χ3v) is 5.63. The number of ether oxygens (including phenoxy) is 2. The van der Waals surface area contributed by atoms with Gasteiger partial charge >= 0.3 is 0 Å². The topological polar surface area (TPSA) is 71.0 Å². The lowest BCUT2D eigenvalue weighted by Crippen LogP contribution is -2.56. The number of nitrogens with zero attached hydrogens (tertiary/aromatic N) is 3. The van der Waals surface area contributed by atoms with E-state index in [4.69, 9.17) is 9.47 Å². The summed E-state index contributed by atoms with van der Waals surface area (Å²) in [5.74, 6) is 1.53. The summed E-state index contributed by atoms with van der Waals surface area (Å²) in [6, 6.07) is 4.04. The van der Waals surface area contributed by atoms with E-state index in [0.29, 0.717) is 12.6 Å². The molecule has 1 aromatic rings. The Morgan fingerprint density at radius 2 is 2.04 bits per heavy atom. The molecule has 0 amide bonds. The van der Waals surface area contributed by atoms with Crippen molar-refractivity contribution < 1.29 is 9.47 Å². The fourth-order valence-electron chi connectivity index (χ4n) is 3.79. The summed E-state index contributed by atoms with van der Waals surface area (Å²) in [7, 11) is 1.80. The Labute approximate surface area is 168 Å². The van der Waals surface area contributed by atoms with Crippen molar-refractivity contribution in [3.8, 4) is 5.88 Å². The van der Waals surface area contributed by atoms with E-state index < -0.39 is 0 Å². The van der Waals surface area contributed by atoms with Crippen LogP contribution in [0.15, 0.2) is 23.3 Å². The van der Waals surface area contributed by atoms with E-state index in [-0.39, 0.29) is 5.54 Å². The molecular formula is C21H35N5O2. The first-order valence-electron chi connectivity index (χ1n) is 10.5. The Morgan fingerprint density at radius 3 is 2.75 bits per heavy atom. The molecule has 1 saturated carbocycles. The van der Waals surface area contributed by atoms with E-state index in [2.05, 4.69) is 39.4 Å². The fourth-order valence-corrected chi connectivity index (χ4v) is 3.79. The summed E-state index contributed by atoms with van der Waals surface area (Å²) in [5.41, 5.74) is 1.18. The van der Waals surface area contributed by atoms with Gasteiger partial charge < -0.3 is 20.1 Å². The van der Waals surface area contributed by atoms with Gasteiger partial charge in [0.05, 0.1) is 13.2 Å². The van der Waals surface area contributed by atoms with Crippen LogP contribution in [-0.2, 0) is 11.3 Å². The molecule has 0 aromatic carbocycles. The normalized spacial score (nSPS) is 19.6. The van der Waals surface area contributed by atoms with Crippen LogP contribution < -0.4 is 15.4 Å². The van der Waals surface area contributed by atoms with Gasteiger partial charge in [-0.3, -0.25) is 9.89 Å². The number of guanidine groups is 1. The Morgan fingerprint density at radius 1 is 1.29 bits per heavy atom. The standard InChI is InChI=1S/C21H35N5O2/c1-21(2,26-10-12-27-13-11-26)16-25-20(22-3)24-15-17-8-9-23-19(14-17)28-18-6-4-5-7-18/h8-9,14,18H,4-7,10-13,15-16H2,1-3H3,(H2,22,24,25). The van der Waals surface area contributed by atoms with Gasteiger partial charge in [-0.15, -0.1) is 0 Å². The van der Waals surface area contributed by atoms with Gasteiger partial charge in [0.25, 0.3) is 0 Å². The van der Waals surface area contributed by atoms with Crippen LogP contribution in [0, 0.1) is 0 Å². The minimum Gasteiger partial charge on any atom is -0.474 e. The zero-order valence-corrected chi connectivity index (χ0v) is 17.5. The largest absolute Gasteiger partial charge is 0.474 e. The van der Waals surface area contributed by atoms with Crippen LogP contribution in [0.3, 0.4) is 0 Å². The average Bonchev–Trinajstić information content (AvgIpc) is 3.22. The smallest absolute Gasteiger partial charge is 0.213 e. The first-order chi connectivity index (χ1) is 13.6. The highest BCUT2D eigenvalue weighted by molar-refractivity contribution is 5.79. The van der Waals surface area contributed by atoms with Gasteiger partial charge in [0, 0.05) is 51.0 Å². The van der Waals surface area contributed by atoms with E-state index in [0.717, 1.165) is 63.1 Å². The molecule has 1 aromatic heterocycles. The predicted molar refractivity (Wildman–Crippen MR) is 112 cm³/mol. The third-order valence-electron chi connectivity index (χ3n) is 5.63. The van der Waals surface area contributed by atoms with Gasteiger partial charge in [-0.05, 0) is 51.2 Å². The third kappa shape index (κ3) is 6.07. The van der Waals surface area contributed by atoms with Crippen molar-refractivity contribution in [2.24, 2.45) is 4.99 Å². The molecule has 0 bridgehead atoms. The molecule has 7 nitrogen and oxygen atoms in total. The van der Waals surface area contributed by atoms with E-state index in [1.165, 1.54) is 12.8 Å². The summed E-state index contributed by atoms with van der Waals surface area (Å²) in [6.45, 7) is 9.58. The van der Waals surface area contributed by atoms with Crippen molar-refractivity contribution in [3.63, 3.8) is 0 Å². The first kappa shape index (κ1) is 20.9. The van der Waals surface area contributed by atoms with Crippen molar-refractivity contribution >= 4 is 5.96 Å². The molecule has 0 radical (unpaired) electrons. The Balaban J connectivity index is 1.47. The molecule has 1 aliphatic heterocycles. The van der Waals surface area contributed by atoms with Crippen molar-refractivity contribution in [2.75, 3.05) is 39.9 Å². The molecule has 2 fully saturated rings. The molecule has 1 saturated heterocycles. The molecule has 1 aliphatic carbocycles. The van der Waals surface area contributed by atoms with E-state index in [9.17, 15) is 0 Å². The van der Waals surface area contributed by atoms with Crippen molar-refractivity contribution in [2.45, 2.75) is 57.7 Å². The molecule has 0 unspecified atom stereocenters. The molecule has 7 heteroatoms. The molecule has 28 heavy (non-hydrogen) atoms. The molecule has 0 spiro atoms. The molecule has 156 valence electrons. The molecule has 2 aliphatic rings. The number of rotatable bonds is 7. The highest BCUT2D eigenvalue weighted by atomic mass is 16.5. The second-order valence-corrected chi connectivity index (χ2v) is 8.22. The number of hydrogen-bond donors (Lipinski definition) is 2. The highest BCUT2D eigenvalue weighted by Crippen LogP contribution is 2.23. The van der Waals surface area contributed by atoms with Gasteiger partial charge in [0.1, 0.15) is 6.10 Å². The van der Waals surface area contributed by atoms with E-state index in [1.54, 1.807) is 7.05 Å². The average molecular weight is 390 g/mol. The predicted octanol–water partition coefficient (Wildman–Crippen LogP) is 2.18. The Bertz CT molecular complexity index is 637. The molecule has 2 heterocycles. The maximum atomic E-state index is 6.01. The van der Waals surface area contributed by atoms with Crippen LogP contribution >= 0.6 is 0 Å². The number of morpholine rings is 1. The van der Waals surface area contributed by atoms with Crippen molar-refractivity contribution in [1.29, 1.82) is 0 Å². The van der Waals surface area contributed by atoms with Gasteiger partial charge in [0.15, 0.2) is 5.96 Å². The van der Waals surface area contributed by atoms with Crippen LogP contribution in [0.1, 0.15) is 45.1 Å². The lowest BCUT2D eigenvalue weighted by molar-refractivity contribution is -0.00834. The summed E-state index contributed by atoms with van der Waals surface area (Å²) < 4.78 is 11.5. The molecule has 0 atom stereocenters. The molecular weight excluding hydrogens is 354 g/mol. The van der Waals surface area contributed by atoms with E-state index in [1.807, 2.05) is 18.3 Å². The summed E-state index contributed by atoms with van der Waals surface area (Å²) in [5, 5.41) is 6.85. The summed E-state index contributed by atoms with van der Waals surface area (Å²) in [6.07, 6.45) is 6.94. The second kappa shape index (κ2) is 10.1. The number of hydrogen-bond acceptors (Lipinski definition) is 5. The Hall–Kier alpha value is -1.86. The second-order valence-electron chi connectivity index (χ2n) is 8.22. The van der Waals surface area contributed by atoms with Gasteiger partial charge in [0.2, 0.25) is 5.88 Å². The number of aliphatic imine (C=N–C) groups is 1. The fraction of sp³-hybridized carbons (Fsp3) is 0.714. The number of nitrogens with one attached hydrogen (secondary N) is 2. The Kier molecular flexibility index (Phi) is 7.50. The number of aromatic nitrogens is 1. The van der Waals surface area contributed by atoms with Crippen LogP contribution in [0.4, 0.5) is 0 Å². The zero-order valence-electron chi connectivity index (χ0n) is 17.5. The minimum absolute atomic E-state index is 0.0420. The highest BCUT2D eigenvalue weighted by Gasteiger charge is 2.28. The van der Waals surface area contributed by atoms with Crippen molar-refractivity contribution in [1.82, 2.24) is 20.5 Å². The van der Waals surface area contributed by atoms with Crippen LogP contribution in [0.5, 0.6) is 5.88 Å². The van der Waals surface area contributed by atoms with Gasteiger partial charge in [-0.1, -0.05) is 0 Å². The summed E-state index contributed by atoms with van der Waals surface area (Å²) in [4.78, 5) is 11.2.